The Balaban J connectivity index is 1.89. The number of rotatable bonds is 2. The minimum atomic E-state index is -0.453. The molecule has 2 atom stereocenters. The predicted octanol–water partition coefficient (Wildman–Crippen LogP) is 2.82. The van der Waals surface area contributed by atoms with E-state index in [1.165, 1.54) is 0 Å². The van der Waals surface area contributed by atoms with E-state index in [1.807, 2.05) is 32.0 Å². The van der Waals surface area contributed by atoms with Crippen LogP contribution in [0.15, 0.2) is 30.3 Å². The molecule has 6 heteroatoms. The molecule has 3 rings (SSSR count). The van der Waals surface area contributed by atoms with E-state index in [2.05, 4.69) is 5.10 Å². The maximum atomic E-state index is 12.7. The van der Waals surface area contributed by atoms with Crippen LogP contribution in [0.25, 0.3) is 5.69 Å². The number of aromatic nitrogens is 2. The molecule has 122 valence electrons. The number of aliphatic hydroxyl groups is 1. The number of benzene rings is 1. The Hall–Kier alpha value is -1.85. The molecule has 1 aliphatic rings. The minimum Gasteiger partial charge on any atom is -0.391 e. The van der Waals surface area contributed by atoms with Crippen LogP contribution < -0.4 is 0 Å². The Labute approximate surface area is 140 Å². The van der Waals surface area contributed by atoms with E-state index in [0.717, 1.165) is 24.2 Å². The van der Waals surface area contributed by atoms with Gasteiger partial charge >= 0.3 is 0 Å². The zero-order valence-electron chi connectivity index (χ0n) is 13.2. The minimum absolute atomic E-state index is 0.113. The highest BCUT2D eigenvalue weighted by atomic mass is 35.5. The van der Waals surface area contributed by atoms with E-state index in [4.69, 9.17) is 11.6 Å². The zero-order chi connectivity index (χ0) is 16.6. The number of carbonyl (C=O) groups is 1. The third-order valence-electron chi connectivity index (χ3n) is 4.28. The van der Waals surface area contributed by atoms with E-state index in [-0.39, 0.29) is 11.9 Å². The lowest BCUT2D eigenvalue weighted by Gasteiger charge is -2.35. The molecule has 0 aliphatic carbocycles. The van der Waals surface area contributed by atoms with Crippen LogP contribution in [0.5, 0.6) is 0 Å². The summed E-state index contributed by atoms with van der Waals surface area (Å²) in [5.74, 6) is -0.139. The van der Waals surface area contributed by atoms with Crippen molar-refractivity contribution in [2.24, 2.45) is 0 Å². The van der Waals surface area contributed by atoms with Crippen LogP contribution >= 0.6 is 11.6 Å². The first kappa shape index (κ1) is 16.0. The second-order valence-corrected chi connectivity index (χ2v) is 6.54. The van der Waals surface area contributed by atoms with Gasteiger partial charge in [-0.2, -0.15) is 5.10 Å². The lowest BCUT2D eigenvalue weighted by molar-refractivity contribution is 0.0305. The first-order valence-electron chi connectivity index (χ1n) is 7.77. The summed E-state index contributed by atoms with van der Waals surface area (Å²) in [6, 6.07) is 9.24. The third-order valence-corrected chi connectivity index (χ3v) is 4.51. The number of likely N-dealkylation sites (tertiary alicyclic amines) is 1. The summed E-state index contributed by atoms with van der Waals surface area (Å²) in [7, 11) is 0. The van der Waals surface area contributed by atoms with Crippen molar-refractivity contribution in [2.75, 3.05) is 6.54 Å². The van der Waals surface area contributed by atoms with Crippen molar-refractivity contribution in [1.29, 1.82) is 0 Å². The van der Waals surface area contributed by atoms with Crippen LogP contribution in [0, 0.1) is 6.92 Å². The van der Waals surface area contributed by atoms with E-state index in [0.29, 0.717) is 17.3 Å². The van der Waals surface area contributed by atoms with E-state index in [9.17, 15) is 9.90 Å². The van der Waals surface area contributed by atoms with Crippen molar-refractivity contribution in [1.82, 2.24) is 14.7 Å². The first-order chi connectivity index (χ1) is 11.0. The fourth-order valence-electron chi connectivity index (χ4n) is 2.97. The van der Waals surface area contributed by atoms with Crippen molar-refractivity contribution in [3.05, 3.63) is 46.7 Å². The van der Waals surface area contributed by atoms with Gasteiger partial charge < -0.3 is 10.0 Å². The van der Waals surface area contributed by atoms with Gasteiger partial charge in [-0.25, -0.2) is 4.68 Å². The van der Waals surface area contributed by atoms with Crippen molar-refractivity contribution in [3.63, 3.8) is 0 Å². The zero-order valence-corrected chi connectivity index (χ0v) is 14.0. The maximum absolute atomic E-state index is 12.7. The molecule has 23 heavy (non-hydrogen) atoms. The van der Waals surface area contributed by atoms with Gasteiger partial charge in [0, 0.05) is 23.3 Å². The molecule has 1 N–H and O–H groups in total. The molecule has 1 saturated heterocycles. The molecule has 0 spiro atoms. The lowest BCUT2D eigenvalue weighted by atomic mass is 10.0. The van der Waals surface area contributed by atoms with Crippen molar-refractivity contribution in [2.45, 2.75) is 38.8 Å². The molecule has 1 aliphatic heterocycles. The van der Waals surface area contributed by atoms with Crippen molar-refractivity contribution >= 4 is 17.5 Å². The number of nitrogens with zero attached hydrogens (tertiary/aromatic N) is 3. The second kappa shape index (κ2) is 6.34. The number of hydrogen-bond donors (Lipinski definition) is 1. The molecule has 1 aromatic carbocycles. The Morgan fingerprint density at radius 2 is 2.13 bits per heavy atom. The predicted molar refractivity (Wildman–Crippen MR) is 89.1 cm³/mol. The summed E-state index contributed by atoms with van der Waals surface area (Å²) in [5, 5.41) is 14.9. The number of halogens is 1. The van der Waals surface area contributed by atoms with Gasteiger partial charge in [0.1, 0.15) is 0 Å². The second-order valence-electron chi connectivity index (χ2n) is 6.10. The number of hydrogen-bond acceptors (Lipinski definition) is 3. The standard InChI is InChI=1S/C17H20ClN3O2/c1-11-6-7-15(22)10-20(11)17(23)16-8-12(2)21(19-16)14-5-3-4-13(18)9-14/h3-5,8-9,11,15,22H,6-7,10H2,1-2H3/t11-,15-/m1/s1. The summed E-state index contributed by atoms with van der Waals surface area (Å²) in [5.41, 5.74) is 2.07. The molecule has 0 bridgehead atoms. The summed E-state index contributed by atoms with van der Waals surface area (Å²) in [6.07, 6.45) is 1.09. The van der Waals surface area contributed by atoms with Gasteiger partial charge in [-0.15, -0.1) is 0 Å². The van der Waals surface area contributed by atoms with Crippen LogP contribution in [-0.2, 0) is 0 Å². The van der Waals surface area contributed by atoms with Gasteiger partial charge in [0.2, 0.25) is 0 Å². The summed E-state index contributed by atoms with van der Waals surface area (Å²) in [4.78, 5) is 14.4. The molecular formula is C17H20ClN3O2. The highest BCUT2D eigenvalue weighted by Gasteiger charge is 2.30. The van der Waals surface area contributed by atoms with Crippen LogP contribution in [0.1, 0.15) is 35.9 Å². The fraction of sp³-hybridized carbons (Fsp3) is 0.412. The molecule has 5 nitrogen and oxygen atoms in total. The highest BCUT2D eigenvalue weighted by Crippen LogP contribution is 2.21. The van der Waals surface area contributed by atoms with Gasteiger partial charge in [0.05, 0.1) is 11.8 Å². The number of amides is 1. The Morgan fingerprint density at radius 3 is 2.87 bits per heavy atom. The summed E-state index contributed by atoms with van der Waals surface area (Å²) < 4.78 is 1.71. The summed E-state index contributed by atoms with van der Waals surface area (Å²) >= 11 is 6.03. The number of β-amino-alcohol motifs (C(OH)–C–C–N with tert-alkyl or cyclic N) is 1. The first-order valence-corrected chi connectivity index (χ1v) is 8.15. The Bertz CT molecular complexity index is 728. The quantitative estimate of drug-likeness (QED) is 0.919. The average molecular weight is 334 g/mol. The number of carbonyl (C=O) groups excluding carboxylic acids is 1. The molecule has 0 unspecified atom stereocenters. The van der Waals surface area contributed by atoms with Gasteiger partial charge in [-0.05, 0) is 51.0 Å². The maximum Gasteiger partial charge on any atom is 0.274 e. The molecule has 2 heterocycles. The number of aryl methyl sites for hydroxylation is 1. The van der Waals surface area contributed by atoms with E-state index >= 15 is 0 Å². The number of aliphatic hydroxyl groups excluding tert-OH is 1. The molecular weight excluding hydrogens is 314 g/mol. The largest absolute Gasteiger partial charge is 0.391 e. The normalized spacial score (nSPS) is 21.5. The monoisotopic (exact) mass is 333 g/mol. The Morgan fingerprint density at radius 1 is 1.35 bits per heavy atom. The average Bonchev–Trinajstić information content (AvgIpc) is 2.91. The fourth-order valence-corrected chi connectivity index (χ4v) is 3.15. The molecule has 0 saturated carbocycles. The van der Waals surface area contributed by atoms with Gasteiger partial charge in [0.15, 0.2) is 5.69 Å². The van der Waals surface area contributed by atoms with E-state index < -0.39 is 6.10 Å². The van der Waals surface area contributed by atoms with Gasteiger partial charge in [-0.3, -0.25) is 4.79 Å². The van der Waals surface area contributed by atoms with Crippen molar-refractivity contribution < 1.29 is 9.90 Å². The van der Waals surface area contributed by atoms with Crippen molar-refractivity contribution in [3.8, 4) is 5.69 Å². The highest BCUT2D eigenvalue weighted by molar-refractivity contribution is 6.30. The SMILES string of the molecule is Cc1cc(C(=O)N2C[C@H](O)CC[C@H]2C)nn1-c1cccc(Cl)c1. The molecule has 2 aromatic rings. The van der Waals surface area contributed by atoms with E-state index in [1.54, 1.807) is 21.7 Å². The lowest BCUT2D eigenvalue weighted by Crippen LogP contribution is -2.47. The third kappa shape index (κ3) is 3.26. The topological polar surface area (TPSA) is 58.4 Å². The van der Waals surface area contributed by atoms with Crippen LogP contribution in [0.2, 0.25) is 5.02 Å². The van der Waals surface area contributed by atoms with Crippen LogP contribution in [-0.4, -0.2) is 44.4 Å². The Kier molecular flexibility index (Phi) is 4.41. The van der Waals surface area contributed by atoms with Crippen LogP contribution in [0.4, 0.5) is 0 Å². The van der Waals surface area contributed by atoms with Crippen LogP contribution in [0.3, 0.4) is 0 Å². The molecule has 0 radical (unpaired) electrons. The molecule has 1 fully saturated rings. The van der Waals surface area contributed by atoms with Gasteiger partial charge in [0.25, 0.3) is 5.91 Å². The number of piperidine rings is 1. The smallest absolute Gasteiger partial charge is 0.274 e. The summed E-state index contributed by atoms with van der Waals surface area (Å²) in [6.45, 7) is 4.27. The van der Waals surface area contributed by atoms with Gasteiger partial charge in [-0.1, -0.05) is 17.7 Å². The molecule has 1 aromatic heterocycles. The molecule has 1 amide bonds.